The molecule has 0 unspecified atom stereocenters. The molecule has 0 bridgehead atoms. The number of ether oxygens (including phenoxy) is 1. The molecule has 3 rings (SSSR count). The molecule has 1 nitrogen and oxygen atoms in total. The van der Waals surface area contributed by atoms with Gasteiger partial charge in [0.05, 0.1) is 5.56 Å². The molecule has 0 saturated heterocycles. The number of rotatable bonds is 4. The van der Waals surface area contributed by atoms with Crippen LogP contribution in [0.15, 0.2) is 66.7 Å². The fourth-order valence-corrected chi connectivity index (χ4v) is 2.49. The molecule has 0 fully saturated rings. The van der Waals surface area contributed by atoms with Gasteiger partial charge in [0.25, 0.3) is 0 Å². The van der Waals surface area contributed by atoms with Crippen molar-refractivity contribution >= 4 is 0 Å². The zero-order chi connectivity index (χ0) is 18.0. The van der Waals surface area contributed by atoms with Crippen molar-refractivity contribution in [3.63, 3.8) is 0 Å². The Hall–Kier alpha value is -2.75. The van der Waals surface area contributed by atoms with E-state index in [9.17, 15) is 13.2 Å². The van der Waals surface area contributed by atoms with Crippen LogP contribution in [0, 0.1) is 19.7 Å². The Labute approximate surface area is 144 Å². The standard InChI is InChI=1S/C21H17F3O/c1-14-3-7-16(8-4-14)17-9-12-19(20(22)13-17)21(23,24)25-18-10-5-15(2)6-11-18/h3-13H,1-2H3. The van der Waals surface area contributed by atoms with Crippen molar-refractivity contribution in [1.82, 2.24) is 0 Å². The topological polar surface area (TPSA) is 9.23 Å². The first kappa shape index (κ1) is 17.1. The molecule has 0 aliphatic heterocycles. The van der Waals surface area contributed by atoms with Gasteiger partial charge in [0, 0.05) is 0 Å². The monoisotopic (exact) mass is 342 g/mol. The van der Waals surface area contributed by atoms with Crippen LogP contribution >= 0.6 is 0 Å². The number of alkyl halides is 2. The first-order valence-electron chi connectivity index (χ1n) is 7.86. The van der Waals surface area contributed by atoms with E-state index in [4.69, 9.17) is 4.74 Å². The van der Waals surface area contributed by atoms with Crippen LogP contribution in [-0.4, -0.2) is 0 Å². The molecule has 0 saturated carbocycles. The molecule has 3 aromatic rings. The Kier molecular flexibility index (Phi) is 4.53. The van der Waals surface area contributed by atoms with Gasteiger partial charge in [-0.25, -0.2) is 4.39 Å². The van der Waals surface area contributed by atoms with Gasteiger partial charge in [0.1, 0.15) is 11.6 Å². The summed E-state index contributed by atoms with van der Waals surface area (Å²) in [5.41, 5.74) is 2.50. The lowest BCUT2D eigenvalue weighted by Crippen LogP contribution is -2.23. The fraction of sp³-hybridized carbons (Fsp3) is 0.143. The molecule has 0 aromatic heterocycles. The summed E-state index contributed by atoms with van der Waals surface area (Å²) in [5.74, 6) is -1.02. The summed E-state index contributed by atoms with van der Waals surface area (Å²) in [6.07, 6.45) is -3.76. The minimum absolute atomic E-state index is 0.0161. The highest BCUT2D eigenvalue weighted by atomic mass is 19.3. The zero-order valence-corrected chi connectivity index (χ0v) is 13.9. The van der Waals surface area contributed by atoms with Gasteiger partial charge < -0.3 is 4.74 Å². The predicted molar refractivity (Wildman–Crippen MR) is 92.3 cm³/mol. The maximum atomic E-state index is 14.3. The van der Waals surface area contributed by atoms with Crippen molar-refractivity contribution in [3.05, 3.63) is 89.2 Å². The minimum atomic E-state index is -3.76. The molecule has 3 aromatic carbocycles. The first-order valence-corrected chi connectivity index (χ1v) is 7.86. The summed E-state index contributed by atoms with van der Waals surface area (Å²) in [6.45, 7) is 3.78. The van der Waals surface area contributed by atoms with Gasteiger partial charge in [0.2, 0.25) is 0 Å². The van der Waals surface area contributed by atoms with Gasteiger partial charge in [-0.1, -0.05) is 53.6 Å². The molecule has 0 aliphatic rings. The summed E-state index contributed by atoms with van der Waals surface area (Å²) < 4.78 is 47.7. The van der Waals surface area contributed by atoms with E-state index in [0.717, 1.165) is 28.8 Å². The molecule has 0 aliphatic carbocycles. The summed E-state index contributed by atoms with van der Waals surface area (Å²) in [5, 5.41) is 0. The van der Waals surface area contributed by atoms with Gasteiger partial charge in [-0.05, 0) is 49.2 Å². The van der Waals surface area contributed by atoms with Crippen LogP contribution in [0.1, 0.15) is 16.7 Å². The molecule has 0 heterocycles. The highest BCUT2D eigenvalue weighted by Gasteiger charge is 2.37. The van der Waals surface area contributed by atoms with Gasteiger partial charge in [0.15, 0.2) is 0 Å². The van der Waals surface area contributed by atoms with Crippen molar-refractivity contribution in [2.24, 2.45) is 0 Å². The number of aryl methyl sites for hydroxylation is 2. The second kappa shape index (κ2) is 6.63. The number of halogens is 3. The third kappa shape index (κ3) is 3.85. The Morgan fingerprint density at radius 2 is 1.24 bits per heavy atom. The maximum absolute atomic E-state index is 14.3. The van der Waals surface area contributed by atoms with E-state index < -0.39 is 17.5 Å². The quantitative estimate of drug-likeness (QED) is 0.545. The van der Waals surface area contributed by atoms with E-state index in [0.29, 0.717) is 5.56 Å². The van der Waals surface area contributed by atoms with Crippen LogP contribution < -0.4 is 4.74 Å². The fourth-order valence-electron chi connectivity index (χ4n) is 2.49. The molecule has 4 heteroatoms. The number of benzene rings is 3. The van der Waals surface area contributed by atoms with E-state index in [1.807, 2.05) is 38.1 Å². The molecule has 0 N–H and O–H groups in total. The van der Waals surface area contributed by atoms with E-state index in [1.54, 1.807) is 12.1 Å². The molecular formula is C21H17F3O. The van der Waals surface area contributed by atoms with Crippen LogP contribution in [-0.2, 0) is 6.11 Å². The number of hydrogen-bond donors (Lipinski definition) is 0. The number of hydrogen-bond acceptors (Lipinski definition) is 1. The Morgan fingerprint density at radius 1 is 0.720 bits per heavy atom. The predicted octanol–water partition coefficient (Wildman–Crippen LogP) is 6.24. The summed E-state index contributed by atoms with van der Waals surface area (Å²) >= 11 is 0. The summed E-state index contributed by atoms with van der Waals surface area (Å²) in [7, 11) is 0. The molecule has 0 radical (unpaired) electrons. The van der Waals surface area contributed by atoms with Gasteiger partial charge in [-0.3, -0.25) is 0 Å². The largest absolute Gasteiger partial charge is 0.429 e. The van der Waals surface area contributed by atoms with Crippen molar-refractivity contribution in [3.8, 4) is 16.9 Å². The molecule has 0 amide bonds. The van der Waals surface area contributed by atoms with Crippen molar-refractivity contribution in [2.75, 3.05) is 0 Å². The Morgan fingerprint density at radius 3 is 1.80 bits per heavy atom. The Bertz CT molecular complexity index is 869. The molecule has 25 heavy (non-hydrogen) atoms. The van der Waals surface area contributed by atoms with E-state index in [-0.39, 0.29) is 5.75 Å². The van der Waals surface area contributed by atoms with E-state index >= 15 is 0 Å². The van der Waals surface area contributed by atoms with Crippen molar-refractivity contribution in [2.45, 2.75) is 20.0 Å². The summed E-state index contributed by atoms with van der Waals surface area (Å²) in [4.78, 5) is 0. The van der Waals surface area contributed by atoms with Gasteiger partial charge >= 0.3 is 6.11 Å². The smallest absolute Gasteiger partial charge is 0.429 e. The van der Waals surface area contributed by atoms with Crippen LogP contribution in [0.4, 0.5) is 13.2 Å². The Balaban J connectivity index is 1.88. The van der Waals surface area contributed by atoms with E-state index in [2.05, 4.69) is 0 Å². The molecular weight excluding hydrogens is 325 g/mol. The molecule has 0 atom stereocenters. The first-order chi connectivity index (χ1) is 11.8. The van der Waals surface area contributed by atoms with Crippen LogP contribution in [0.5, 0.6) is 5.75 Å². The summed E-state index contributed by atoms with van der Waals surface area (Å²) in [6, 6.07) is 17.2. The minimum Gasteiger partial charge on any atom is -0.429 e. The van der Waals surface area contributed by atoms with Crippen molar-refractivity contribution < 1.29 is 17.9 Å². The molecule has 0 spiro atoms. The lowest BCUT2D eigenvalue weighted by molar-refractivity contribution is -0.187. The SMILES string of the molecule is Cc1ccc(OC(F)(F)c2ccc(-c3ccc(C)cc3)cc2F)cc1. The molecule has 128 valence electrons. The second-order valence-corrected chi connectivity index (χ2v) is 5.99. The van der Waals surface area contributed by atoms with Crippen LogP contribution in [0.2, 0.25) is 0 Å². The average molecular weight is 342 g/mol. The van der Waals surface area contributed by atoms with Gasteiger partial charge in [-0.2, -0.15) is 8.78 Å². The second-order valence-electron chi connectivity index (χ2n) is 5.99. The third-order valence-electron chi connectivity index (χ3n) is 3.93. The highest BCUT2D eigenvalue weighted by Crippen LogP contribution is 2.35. The van der Waals surface area contributed by atoms with Crippen molar-refractivity contribution in [1.29, 1.82) is 0 Å². The lowest BCUT2D eigenvalue weighted by atomic mass is 10.0. The van der Waals surface area contributed by atoms with Crippen LogP contribution in [0.25, 0.3) is 11.1 Å². The zero-order valence-electron chi connectivity index (χ0n) is 13.9. The highest BCUT2D eigenvalue weighted by molar-refractivity contribution is 5.64. The lowest BCUT2D eigenvalue weighted by Gasteiger charge is -2.19. The van der Waals surface area contributed by atoms with Crippen LogP contribution in [0.3, 0.4) is 0 Å². The third-order valence-corrected chi connectivity index (χ3v) is 3.93. The van der Waals surface area contributed by atoms with E-state index in [1.165, 1.54) is 18.2 Å². The normalized spacial score (nSPS) is 11.4. The average Bonchev–Trinajstić information content (AvgIpc) is 2.57. The van der Waals surface area contributed by atoms with Gasteiger partial charge in [-0.15, -0.1) is 0 Å². The maximum Gasteiger partial charge on any atom is 0.429 e.